The van der Waals surface area contributed by atoms with Gasteiger partial charge in [0.15, 0.2) is 0 Å². The van der Waals surface area contributed by atoms with Gasteiger partial charge in [-0.3, -0.25) is 19.1 Å². The lowest BCUT2D eigenvalue weighted by atomic mass is 10.1. The molecule has 0 N–H and O–H groups in total. The van der Waals surface area contributed by atoms with Gasteiger partial charge in [-0.15, -0.1) is 0 Å². The van der Waals surface area contributed by atoms with E-state index in [1.54, 1.807) is 48.3 Å². The van der Waals surface area contributed by atoms with Gasteiger partial charge in [0.05, 0.1) is 19.0 Å². The fourth-order valence-electron chi connectivity index (χ4n) is 4.54. The van der Waals surface area contributed by atoms with Crippen molar-refractivity contribution in [2.75, 3.05) is 7.11 Å². The van der Waals surface area contributed by atoms with E-state index in [1.807, 2.05) is 42.2 Å². The summed E-state index contributed by atoms with van der Waals surface area (Å²) in [4.78, 5) is 33.3. The van der Waals surface area contributed by atoms with Crippen molar-refractivity contribution in [1.82, 2.24) is 14.5 Å². The van der Waals surface area contributed by atoms with E-state index in [1.165, 1.54) is 0 Å². The van der Waals surface area contributed by atoms with Crippen molar-refractivity contribution in [2.45, 2.75) is 38.8 Å². The molecule has 0 bridgehead atoms. The zero-order valence-corrected chi connectivity index (χ0v) is 20.5. The molecule has 4 aromatic rings. The fraction of sp³-hybridized carbons (Fsp3) is 0.250. The maximum atomic E-state index is 13.6. The van der Waals surface area contributed by atoms with Gasteiger partial charge in [-0.1, -0.05) is 17.7 Å². The molecule has 7 heteroatoms. The number of nitrogens with zero attached hydrogens (tertiary/aromatic N) is 3. The van der Waals surface area contributed by atoms with Crippen molar-refractivity contribution in [1.29, 1.82) is 0 Å². The van der Waals surface area contributed by atoms with E-state index in [0.29, 0.717) is 22.9 Å². The number of hydrogen-bond acceptors (Lipinski definition) is 4. The molecule has 0 unspecified atom stereocenters. The van der Waals surface area contributed by atoms with E-state index in [9.17, 15) is 9.59 Å². The lowest BCUT2D eigenvalue weighted by Crippen LogP contribution is -2.34. The van der Waals surface area contributed by atoms with Crippen LogP contribution in [-0.2, 0) is 17.8 Å². The number of fused-ring (bicyclic) bond motifs is 1. The van der Waals surface area contributed by atoms with Gasteiger partial charge in [-0.2, -0.15) is 0 Å². The van der Waals surface area contributed by atoms with Gasteiger partial charge in [0.2, 0.25) is 5.91 Å². The molecule has 178 valence electrons. The molecule has 1 saturated carbocycles. The number of carbonyl (C=O) groups excluding carboxylic acids is 2. The molecule has 2 aromatic heterocycles. The normalized spacial score (nSPS) is 13.1. The summed E-state index contributed by atoms with van der Waals surface area (Å²) in [5.74, 6) is 0.555. The zero-order chi connectivity index (χ0) is 24.5. The molecule has 0 radical (unpaired) electrons. The Hall–Kier alpha value is -3.64. The highest BCUT2D eigenvalue weighted by atomic mass is 35.5. The van der Waals surface area contributed by atoms with Crippen LogP contribution in [0.1, 0.15) is 40.0 Å². The molecule has 1 aliphatic rings. The zero-order valence-electron chi connectivity index (χ0n) is 19.7. The molecule has 0 saturated heterocycles. The van der Waals surface area contributed by atoms with Crippen LogP contribution in [0.15, 0.2) is 67.0 Å². The molecule has 0 spiro atoms. The molecule has 1 aliphatic carbocycles. The summed E-state index contributed by atoms with van der Waals surface area (Å²) in [6.45, 7) is 2.42. The van der Waals surface area contributed by atoms with E-state index < -0.39 is 0 Å². The summed E-state index contributed by atoms with van der Waals surface area (Å²) in [5, 5.41) is 1.41. The highest BCUT2D eigenvalue weighted by Gasteiger charge is 2.33. The maximum Gasteiger partial charge on any atom is 0.262 e. The molecular formula is C28H26ClN3O3. The van der Waals surface area contributed by atoms with Crippen LogP contribution < -0.4 is 4.74 Å². The van der Waals surface area contributed by atoms with Gasteiger partial charge in [-0.25, -0.2) is 0 Å². The van der Waals surface area contributed by atoms with Gasteiger partial charge in [0, 0.05) is 46.6 Å². The van der Waals surface area contributed by atoms with Crippen molar-refractivity contribution in [3.63, 3.8) is 0 Å². The van der Waals surface area contributed by atoms with Crippen LogP contribution >= 0.6 is 11.6 Å². The Labute approximate surface area is 209 Å². The third-order valence-corrected chi connectivity index (χ3v) is 6.80. The molecule has 6 nitrogen and oxygen atoms in total. The fourth-order valence-corrected chi connectivity index (χ4v) is 4.67. The van der Waals surface area contributed by atoms with Crippen LogP contribution in [0.4, 0.5) is 0 Å². The molecule has 1 amide bonds. The number of carbonyl (C=O) groups is 2. The second-order valence-electron chi connectivity index (χ2n) is 8.89. The minimum Gasteiger partial charge on any atom is -0.497 e. The second-order valence-corrected chi connectivity index (χ2v) is 9.32. The van der Waals surface area contributed by atoms with Crippen LogP contribution in [0.3, 0.4) is 0 Å². The second kappa shape index (κ2) is 9.55. The van der Waals surface area contributed by atoms with Crippen molar-refractivity contribution in [3.05, 3.63) is 94.4 Å². The molecule has 0 atom stereocenters. The third-order valence-electron chi connectivity index (χ3n) is 6.55. The average molecular weight is 488 g/mol. The van der Waals surface area contributed by atoms with Crippen LogP contribution in [0.25, 0.3) is 10.9 Å². The Balaban J connectivity index is 1.53. The van der Waals surface area contributed by atoms with E-state index in [4.69, 9.17) is 16.3 Å². The number of hydrogen-bond donors (Lipinski definition) is 0. The smallest absolute Gasteiger partial charge is 0.262 e. The maximum absolute atomic E-state index is 13.6. The lowest BCUT2D eigenvalue weighted by Gasteiger charge is -2.22. The van der Waals surface area contributed by atoms with Crippen molar-refractivity contribution in [2.24, 2.45) is 0 Å². The Kier molecular flexibility index (Phi) is 6.31. The first-order chi connectivity index (χ1) is 17.0. The van der Waals surface area contributed by atoms with Gasteiger partial charge in [0.25, 0.3) is 5.91 Å². The predicted molar refractivity (Wildman–Crippen MR) is 136 cm³/mol. The van der Waals surface area contributed by atoms with Crippen LogP contribution in [0.2, 0.25) is 5.02 Å². The minimum atomic E-state index is -0.164. The molecule has 5 rings (SSSR count). The van der Waals surface area contributed by atoms with E-state index in [2.05, 4.69) is 4.98 Å². The summed E-state index contributed by atoms with van der Waals surface area (Å²) in [6.07, 6.45) is 5.75. The van der Waals surface area contributed by atoms with Gasteiger partial charge in [-0.05, 0) is 79.4 Å². The molecule has 1 fully saturated rings. The highest BCUT2D eigenvalue weighted by Crippen LogP contribution is 2.33. The number of ether oxygens (including phenoxy) is 1. The van der Waals surface area contributed by atoms with Crippen LogP contribution in [0, 0.1) is 6.92 Å². The SMILES string of the molecule is COc1ccc2c(c1)c(CC(=O)N(Cc1cccnc1)C1CC1)c(C)n2C(=O)c1ccc(Cl)cc1. The number of aromatic nitrogens is 2. The summed E-state index contributed by atoms with van der Waals surface area (Å²) >= 11 is 6.02. The third kappa shape index (κ3) is 4.66. The van der Waals surface area contributed by atoms with Crippen molar-refractivity contribution < 1.29 is 14.3 Å². The molecular weight excluding hydrogens is 462 g/mol. The van der Waals surface area contributed by atoms with Gasteiger partial charge < -0.3 is 9.64 Å². The quantitative estimate of drug-likeness (QED) is 0.348. The summed E-state index contributed by atoms with van der Waals surface area (Å²) < 4.78 is 7.14. The first kappa shape index (κ1) is 23.1. The van der Waals surface area contributed by atoms with Gasteiger partial charge >= 0.3 is 0 Å². The summed E-state index contributed by atoms with van der Waals surface area (Å²) in [5.41, 5.74) is 3.86. The molecule has 2 aromatic carbocycles. The number of amides is 1. The topological polar surface area (TPSA) is 64.4 Å². The Bertz CT molecular complexity index is 1390. The van der Waals surface area contributed by atoms with Crippen molar-refractivity contribution in [3.8, 4) is 5.75 Å². The molecule has 35 heavy (non-hydrogen) atoms. The van der Waals surface area contributed by atoms with Crippen LogP contribution in [0.5, 0.6) is 5.75 Å². The van der Waals surface area contributed by atoms with E-state index >= 15 is 0 Å². The molecule has 0 aliphatic heterocycles. The number of halogens is 1. The van der Waals surface area contributed by atoms with Crippen LogP contribution in [-0.4, -0.2) is 39.4 Å². The number of benzene rings is 2. The number of methoxy groups -OCH3 is 1. The number of pyridine rings is 1. The first-order valence-electron chi connectivity index (χ1n) is 11.6. The first-order valence-corrected chi connectivity index (χ1v) is 12.0. The van der Waals surface area contributed by atoms with E-state index in [0.717, 1.165) is 40.6 Å². The number of rotatable bonds is 7. The minimum absolute atomic E-state index is 0.0419. The summed E-state index contributed by atoms with van der Waals surface area (Å²) in [6, 6.07) is 16.6. The molecule has 2 heterocycles. The van der Waals surface area contributed by atoms with Crippen molar-refractivity contribution >= 4 is 34.3 Å². The lowest BCUT2D eigenvalue weighted by molar-refractivity contribution is -0.131. The predicted octanol–water partition coefficient (Wildman–Crippen LogP) is 5.43. The Morgan fingerprint density at radius 2 is 1.91 bits per heavy atom. The standard InChI is InChI=1S/C28H26ClN3O3/c1-18-24(15-27(33)31(22-9-10-22)17-19-4-3-13-30-16-19)25-14-23(35-2)11-12-26(25)32(18)28(34)20-5-7-21(29)8-6-20/h3-8,11-14,16,22H,9-10,15,17H2,1-2H3. The average Bonchev–Trinajstić information content (AvgIpc) is 3.68. The Morgan fingerprint density at radius 3 is 2.57 bits per heavy atom. The van der Waals surface area contributed by atoms with Gasteiger partial charge in [0.1, 0.15) is 5.75 Å². The highest BCUT2D eigenvalue weighted by molar-refractivity contribution is 6.30. The summed E-state index contributed by atoms with van der Waals surface area (Å²) in [7, 11) is 1.61. The largest absolute Gasteiger partial charge is 0.497 e. The Morgan fingerprint density at radius 1 is 1.14 bits per heavy atom. The van der Waals surface area contributed by atoms with E-state index in [-0.39, 0.29) is 24.3 Å². The monoisotopic (exact) mass is 487 g/mol.